The predicted octanol–water partition coefficient (Wildman–Crippen LogP) is 1.90. The molecule has 132 valence electrons. The van der Waals surface area contributed by atoms with E-state index in [9.17, 15) is 14.4 Å². The molecule has 0 aliphatic rings. The third-order valence-electron chi connectivity index (χ3n) is 3.45. The lowest BCUT2D eigenvalue weighted by Gasteiger charge is -2.22. The first-order valence-electron chi connectivity index (χ1n) is 8.06. The molecule has 2 amide bonds. The summed E-state index contributed by atoms with van der Waals surface area (Å²) in [7, 11) is 1.30. The zero-order chi connectivity index (χ0) is 18.1. The van der Waals surface area contributed by atoms with Crippen LogP contribution in [0.3, 0.4) is 0 Å². The Hall–Kier alpha value is -2.37. The highest BCUT2D eigenvalue weighted by atomic mass is 16.5. The summed E-state index contributed by atoms with van der Waals surface area (Å²) in [5, 5.41) is 5.52. The molecule has 1 rings (SSSR count). The lowest BCUT2D eigenvalue weighted by atomic mass is 10.0. The summed E-state index contributed by atoms with van der Waals surface area (Å²) in [5.41, 5.74) is 0.502. The zero-order valence-electron chi connectivity index (χ0n) is 14.7. The van der Waals surface area contributed by atoms with Gasteiger partial charge in [-0.3, -0.25) is 14.4 Å². The van der Waals surface area contributed by atoms with Crippen molar-refractivity contribution in [3.05, 3.63) is 35.9 Å². The Morgan fingerprint density at radius 2 is 1.67 bits per heavy atom. The highest BCUT2D eigenvalue weighted by molar-refractivity contribution is 5.97. The first kappa shape index (κ1) is 19.7. The Morgan fingerprint density at radius 3 is 2.21 bits per heavy atom. The molecule has 24 heavy (non-hydrogen) atoms. The van der Waals surface area contributed by atoms with Crippen LogP contribution in [0, 0.1) is 5.92 Å². The van der Waals surface area contributed by atoms with Crippen molar-refractivity contribution in [3.63, 3.8) is 0 Å². The van der Waals surface area contributed by atoms with Gasteiger partial charge in [0.05, 0.1) is 13.5 Å². The second-order valence-electron chi connectivity index (χ2n) is 6.21. The van der Waals surface area contributed by atoms with Crippen LogP contribution in [0.2, 0.25) is 0 Å². The average Bonchev–Trinajstić information content (AvgIpc) is 2.54. The average molecular weight is 334 g/mol. The highest BCUT2D eigenvalue weighted by Gasteiger charge is 2.24. The SMILES string of the molecule is COC(=O)C[C@H](C)NC(=O)[C@H](CC(C)C)NC(=O)c1ccccc1. The third-order valence-corrected chi connectivity index (χ3v) is 3.45. The predicted molar refractivity (Wildman–Crippen MR) is 91.4 cm³/mol. The molecule has 0 aromatic heterocycles. The van der Waals surface area contributed by atoms with Crippen molar-refractivity contribution in [2.75, 3.05) is 7.11 Å². The maximum atomic E-state index is 12.4. The number of amides is 2. The minimum atomic E-state index is -0.655. The van der Waals surface area contributed by atoms with Gasteiger partial charge in [-0.05, 0) is 31.4 Å². The molecule has 0 aliphatic carbocycles. The molecule has 0 aliphatic heterocycles. The quantitative estimate of drug-likeness (QED) is 0.711. The molecule has 1 aromatic rings. The van der Waals surface area contributed by atoms with Crippen LogP contribution in [0.5, 0.6) is 0 Å². The van der Waals surface area contributed by atoms with E-state index in [0.717, 1.165) is 0 Å². The second kappa shape index (κ2) is 9.70. The zero-order valence-corrected chi connectivity index (χ0v) is 14.7. The second-order valence-corrected chi connectivity index (χ2v) is 6.21. The lowest BCUT2D eigenvalue weighted by molar-refractivity contribution is -0.141. The number of methoxy groups -OCH3 is 1. The van der Waals surface area contributed by atoms with Crippen molar-refractivity contribution >= 4 is 17.8 Å². The summed E-state index contributed by atoms with van der Waals surface area (Å²) in [4.78, 5) is 36.0. The van der Waals surface area contributed by atoms with Crippen LogP contribution in [-0.2, 0) is 14.3 Å². The van der Waals surface area contributed by atoms with Crippen LogP contribution in [0.1, 0.15) is 44.0 Å². The van der Waals surface area contributed by atoms with E-state index in [1.165, 1.54) is 7.11 Å². The van der Waals surface area contributed by atoms with E-state index in [4.69, 9.17) is 0 Å². The van der Waals surface area contributed by atoms with Gasteiger partial charge >= 0.3 is 5.97 Å². The summed E-state index contributed by atoms with van der Waals surface area (Å²) < 4.78 is 4.59. The molecule has 0 bridgehead atoms. The first-order valence-corrected chi connectivity index (χ1v) is 8.06. The fraction of sp³-hybridized carbons (Fsp3) is 0.500. The van der Waals surface area contributed by atoms with E-state index in [2.05, 4.69) is 15.4 Å². The van der Waals surface area contributed by atoms with E-state index in [1.54, 1.807) is 31.2 Å². The number of esters is 1. The van der Waals surface area contributed by atoms with Gasteiger partial charge in [-0.15, -0.1) is 0 Å². The molecule has 0 saturated carbocycles. The number of rotatable bonds is 8. The third kappa shape index (κ3) is 6.81. The number of hydrogen-bond acceptors (Lipinski definition) is 4. The van der Waals surface area contributed by atoms with Gasteiger partial charge in [0.2, 0.25) is 5.91 Å². The van der Waals surface area contributed by atoms with Crippen molar-refractivity contribution in [3.8, 4) is 0 Å². The Labute approximate surface area is 143 Å². The summed E-state index contributed by atoms with van der Waals surface area (Å²) >= 11 is 0. The number of carbonyl (C=O) groups excluding carboxylic acids is 3. The topological polar surface area (TPSA) is 84.5 Å². The van der Waals surface area contributed by atoms with Crippen molar-refractivity contribution in [2.45, 2.75) is 45.7 Å². The molecule has 2 N–H and O–H groups in total. The van der Waals surface area contributed by atoms with Crippen LogP contribution < -0.4 is 10.6 Å². The Morgan fingerprint density at radius 1 is 1.04 bits per heavy atom. The number of hydrogen-bond donors (Lipinski definition) is 2. The maximum absolute atomic E-state index is 12.4. The van der Waals surface area contributed by atoms with Crippen molar-refractivity contribution in [1.29, 1.82) is 0 Å². The van der Waals surface area contributed by atoms with Gasteiger partial charge < -0.3 is 15.4 Å². The van der Waals surface area contributed by atoms with E-state index < -0.39 is 12.0 Å². The maximum Gasteiger partial charge on any atom is 0.307 e. The largest absolute Gasteiger partial charge is 0.469 e. The highest BCUT2D eigenvalue weighted by Crippen LogP contribution is 2.08. The fourth-order valence-electron chi connectivity index (χ4n) is 2.26. The van der Waals surface area contributed by atoms with Gasteiger partial charge in [-0.25, -0.2) is 0 Å². The fourth-order valence-corrected chi connectivity index (χ4v) is 2.26. The van der Waals surface area contributed by atoms with Crippen molar-refractivity contribution in [2.24, 2.45) is 5.92 Å². The van der Waals surface area contributed by atoms with Crippen LogP contribution in [0.25, 0.3) is 0 Å². The smallest absolute Gasteiger partial charge is 0.307 e. The van der Waals surface area contributed by atoms with E-state index >= 15 is 0 Å². The number of carbonyl (C=O) groups is 3. The monoisotopic (exact) mass is 334 g/mol. The summed E-state index contributed by atoms with van der Waals surface area (Å²) in [6, 6.07) is 7.73. The lowest BCUT2D eigenvalue weighted by Crippen LogP contribution is -2.50. The molecule has 1 aromatic carbocycles. The molecular weight excluding hydrogens is 308 g/mol. The summed E-state index contributed by atoms with van der Waals surface area (Å²) in [6.45, 7) is 5.68. The van der Waals surface area contributed by atoms with Gasteiger partial charge in [-0.2, -0.15) is 0 Å². The van der Waals surface area contributed by atoms with Crippen LogP contribution in [0.15, 0.2) is 30.3 Å². The Kier molecular flexibility index (Phi) is 7.95. The minimum Gasteiger partial charge on any atom is -0.469 e. The van der Waals surface area contributed by atoms with Gasteiger partial charge in [-0.1, -0.05) is 32.0 Å². The molecule has 6 nitrogen and oxygen atoms in total. The van der Waals surface area contributed by atoms with E-state index in [-0.39, 0.29) is 30.2 Å². The number of benzene rings is 1. The normalized spacial score (nSPS) is 13.0. The van der Waals surface area contributed by atoms with Gasteiger partial charge in [0.15, 0.2) is 0 Å². The first-order chi connectivity index (χ1) is 11.3. The van der Waals surface area contributed by atoms with Gasteiger partial charge in [0.1, 0.15) is 6.04 Å². The van der Waals surface area contributed by atoms with Crippen molar-refractivity contribution in [1.82, 2.24) is 10.6 Å². The molecule has 0 fully saturated rings. The summed E-state index contributed by atoms with van der Waals surface area (Å²) in [5.74, 6) is -0.759. The van der Waals surface area contributed by atoms with Crippen LogP contribution in [-0.4, -0.2) is 37.0 Å². The van der Waals surface area contributed by atoms with E-state index in [1.807, 2.05) is 19.9 Å². The molecule has 2 atom stereocenters. The van der Waals surface area contributed by atoms with Crippen molar-refractivity contribution < 1.29 is 19.1 Å². The number of nitrogens with one attached hydrogen (secondary N) is 2. The standard InChI is InChI=1S/C18H26N2O4/c1-12(2)10-15(18(23)19-13(3)11-16(21)24-4)20-17(22)14-8-6-5-7-9-14/h5-9,12-13,15H,10-11H2,1-4H3,(H,19,23)(H,20,22)/t13-,15-/m0/s1. The van der Waals surface area contributed by atoms with Crippen LogP contribution >= 0.6 is 0 Å². The molecular formula is C18H26N2O4. The molecule has 6 heteroatoms. The minimum absolute atomic E-state index is 0.0866. The molecule has 0 unspecified atom stereocenters. The summed E-state index contributed by atoms with van der Waals surface area (Å²) in [6.07, 6.45) is 0.596. The molecule has 0 radical (unpaired) electrons. The van der Waals surface area contributed by atoms with Gasteiger partial charge in [0.25, 0.3) is 5.91 Å². The van der Waals surface area contributed by atoms with Crippen LogP contribution in [0.4, 0.5) is 0 Å². The number of ether oxygens (including phenoxy) is 1. The molecule has 0 spiro atoms. The van der Waals surface area contributed by atoms with E-state index in [0.29, 0.717) is 12.0 Å². The molecule has 0 heterocycles. The Bertz CT molecular complexity index is 557. The Balaban J connectivity index is 2.71. The molecule has 0 saturated heterocycles. The van der Waals surface area contributed by atoms with Gasteiger partial charge in [0, 0.05) is 11.6 Å².